The third-order valence-corrected chi connectivity index (χ3v) is 7.99. The number of halogens is 1. The summed E-state index contributed by atoms with van der Waals surface area (Å²) in [5, 5.41) is 7.36. The minimum atomic E-state index is -3.55. The van der Waals surface area contributed by atoms with E-state index in [4.69, 9.17) is 23.8 Å². The van der Waals surface area contributed by atoms with Crippen molar-refractivity contribution in [2.75, 3.05) is 31.5 Å². The van der Waals surface area contributed by atoms with E-state index >= 15 is 0 Å². The zero-order chi connectivity index (χ0) is 24.0. The minimum Gasteiger partial charge on any atom is -0.358 e. The monoisotopic (exact) mass is 515 g/mol. The van der Waals surface area contributed by atoms with Gasteiger partial charge in [-0.3, -0.25) is 9.88 Å². The van der Waals surface area contributed by atoms with Crippen LogP contribution in [0.15, 0.2) is 78.0 Å². The summed E-state index contributed by atoms with van der Waals surface area (Å²) in [5.74, 6) is 0. The topological polar surface area (TPSA) is 77.6 Å². The molecule has 0 spiro atoms. The smallest absolute Gasteiger partial charge is 0.243 e. The fraction of sp³-hybridized carbons (Fsp3) is 0.250. The first-order valence-electron chi connectivity index (χ1n) is 10.9. The maximum absolute atomic E-state index is 13.1. The van der Waals surface area contributed by atoms with Crippen LogP contribution in [0.25, 0.3) is 0 Å². The van der Waals surface area contributed by atoms with Crippen molar-refractivity contribution < 1.29 is 8.42 Å². The first-order valence-corrected chi connectivity index (χ1v) is 13.1. The number of nitrogens with zero attached hydrogens (tertiary/aromatic N) is 3. The van der Waals surface area contributed by atoms with Crippen molar-refractivity contribution in [3.05, 3.63) is 89.2 Å². The van der Waals surface area contributed by atoms with E-state index in [0.29, 0.717) is 42.9 Å². The summed E-state index contributed by atoms with van der Waals surface area (Å²) < 4.78 is 27.8. The molecule has 7 nitrogen and oxygen atoms in total. The van der Waals surface area contributed by atoms with E-state index in [2.05, 4.69) is 20.5 Å². The minimum absolute atomic E-state index is 0.276. The molecule has 34 heavy (non-hydrogen) atoms. The van der Waals surface area contributed by atoms with E-state index in [1.165, 1.54) is 0 Å². The number of sulfonamides is 1. The van der Waals surface area contributed by atoms with E-state index in [-0.39, 0.29) is 4.90 Å². The Morgan fingerprint density at radius 2 is 1.68 bits per heavy atom. The normalized spacial score (nSPS) is 15.1. The highest BCUT2D eigenvalue weighted by atomic mass is 35.5. The molecular formula is C24H26ClN5O2S2. The average molecular weight is 516 g/mol. The molecule has 1 fully saturated rings. The summed E-state index contributed by atoms with van der Waals surface area (Å²) in [6.45, 7) is 3.60. The van der Waals surface area contributed by atoms with Crippen LogP contribution in [0.4, 0.5) is 5.69 Å². The second-order valence-corrected chi connectivity index (χ2v) is 10.8. The standard InChI is InChI=1S/C24H26ClN5O2S2/c25-21-5-3-19(4-6-21)18-29-12-14-30(15-13-29)34(31,32)23-9-7-22(8-10-23)28-24(33)27-17-20-2-1-11-26-16-20/h1-11,16H,12-15,17-18H2,(H2,27,28,33). The molecule has 3 aromatic rings. The molecule has 1 aliphatic heterocycles. The van der Waals surface area contributed by atoms with Crippen molar-refractivity contribution in [3.8, 4) is 0 Å². The summed E-state index contributed by atoms with van der Waals surface area (Å²) in [5.41, 5.74) is 2.90. The van der Waals surface area contributed by atoms with Crippen molar-refractivity contribution in [3.63, 3.8) is 0 Å². The van der Waals surface area contributed by atoms with Crippen molar-refractivity contribution >= 4 is 44.6 Å². The molecule has 1 aromatic heterocycles. The second-order valence-electron chi connectivity index (χ2n) is 8.00. The number of aromatic nitrogens is 1. The van der Waals surface area contributed by atoms with Crippen molar-refractivity contribution in [2.45, 2.75) is 18.0 Å². The van der Waals surface area contributed by atoms with Crippen LogP contribution >= 0.6 is 23.8 Å². The van der Waals surface area contributed by atoms with E-state index in [1.807, 2.05) is 36.4 Å². The Hall–Kier alpha value is -2.56. The third-order valence-electron chi connectivity index (χ3n) is 5.58. The number of benzene rings is 2. The molecule has 1 aliphatic rings. The van der Waals surface area contributed by atoms with Crippen LogP contribution < -0.4 is 10.6 Å². The molecule has 2 N–H and O–H groups in total. The lowest BCUT2D eigenvalue weighted by Gasteiger charge is -2.34. The Balaban J connectivity index is 1.28. The van der Waals surface area contributed by atoms with Gasteiger partial charge >= 0.3 is 0 Å². The summed E-state index contributed by atoms with van der Waals surface area (Å²) in [6.07, 6.45) is 3.49. The first kappa shape index (κ1) is 24.6. The quantitative estimate of drug-likeness (QED) is 0.464. The van der Waals surface area contributed by atoms with Gasteiger partial charge in [-0.05, 0) is 65.8 Å². The van der Waals surface area contributed by atoms with Crippen molar-refractivity contribution in [1.82, 2.24) is 19.5 Å². The summed E-state index contributed by atoms with van der Waals surface area (Å²) in [6, 6.07) is 18.2. The Morgan fingerprint density at radius 1 is 0.971 bits per heavy atom. The highest BCUT2D eigenvalue weighted by Crippen LogP contribution is 2.21. The van der Waals surface area contributed by atoms with Gasteiger partial charge in [-0.1, -0.05) is 29.8 Å². The number of hydrogen-bond acceptors (Lipinski definition) is 5. The largest absolute Gasteiger partial charge is 0.358 e. The average Bonchev–Trinajstić information content (AvgIpc) is 2.85. The van der Waals surface area contributed by atoms with Crippen LogP contribution in [0.3, 0.4) is 0 Å². The number of anilines is 1. The molecular weight excluding hydrogens is 490 g/mol. The lowest BCUT2D eigenvalue weighted by atomic mass is 10.2. The number of piperazine rings is 1. The zero-order valence-electron chi connectivity index (χ0n) is 18.5. The van der Waals surface area contributed by atoms with Gasteiger partial charge in [0.1, 0.15) is 0 Å². The van der Waals surface area contributed by atoms with Gasteiger partial charge in [0.15, 0.2) is 5.11 Å². The number of thiocarbonyl (C=S) groups is 1. The Labute approximate surface area is 210 Å². The van der Waals surface area contributed by atoms with Crippen LogP contribution in [-0.4, -0.2) is 53.9 Å². The van der Waals surface area contributed by atoms with E-state index in [9.17, 15) is 8.42 Å². The number of rotatable bonds is 7. The van der Waals surface area contributed by atoms with Crippen molar-refractivity contribution in [2.24, 2.45) is 0 Å². The van der Waals surface area contributed by atoms with Gasteiger partial charge in [0.05, 0.1) is 4.90 Å². The highest BCUT2D eigenvalue weighted by molar-refractivity contribution is 7.89. The predicted octanol–water partition coefficient (Wildman–Crippen LogP) is 3.73. The van der Waals surface area contributed by atoms with E-state index < -0.39 is 10.0 Å². The highest BCUT2D eigenvalue weighted by Gasteiger charge is 2.28. The maximum atomic E-state index is 13.1. The summed E-state index contributed by atoms with van der Waals surface area (Å²) in [7, 11) is -3.55. The molecule has 0 aliphatic carbocycles. The summed E-state index contributed by atoms with van der Waals surface area (Å²) in [4.78, 5) is 6.60. The fourth-order valence-corrected chi connectivity index (χ4v) is 5.43. The maximum Gasteiger partial charge on any atom is 0.243 e. The van der Waals surface area contributed by atoms with Crippen LogP contribution in [-0.2, 0) is 23.1 Å². The third kappa shape index (κ3) is 6.52. The van der Waals surface area contributed by atoms with Gasteiger partial charge in [0.2, 0.25) is 10.0 Å². The molecule has 0 amide bonds. The van der Waals surface area contributed by atoms with Gasteiger partial charge < -0.3 is 10.6 Å². The van der Waals surface area contributed by atoms with Gasteiger partial charge in [-0.2, -0.15) is 4.31 Å². The molecule has 2 heterocycles. The fourth-order valence-electron chi connectivity index (χ4n) is 3.70. The molecule has 10 heteroatoms. The van der Waals surface area contributed by atoms with Crippen LogP contribution in [0.1, 0.15) is 11.1 Å². The SMILES string of the molecule is O=S(=O)(c1ccc(NC(=S)NCc2cccnc2)cc1)N1CCN(Cc2ccc(Cl)cc2)CC1. The Kier molecular flexibility index (Phi) is 8.12. The molecule has 4 rings (SSSR count). The molecule has 178 valence electrons. The molecule has 0 atom stereocenters. The van der Waals surface area contributed by atoms with E-state index in [0.717, 1.165) is 23.4 Å². The Morgan fingerprint density at radius 3 is 2.32 bits per heavy atom. The predicted molar refractivity (Wildman–Crippen MR) is 139 cm³/mol. The van der Waals surface area contributed by atoms with Crippen molar-refractivity contribution in [1.29, 1.82) is 0 Å². The Bertz CT molecular complexity index is 1200. The van der Waals surface area contributed by atoms with Crippen LogP contribution in [0.5, 0.6) is 0 Å². The lowest BCUT2D eigenvalue weighted by Crippen LogP contribution is -2.48. The van der Waals surface area contributed by atoms with Gasteiger partial charge in [-0.15, -0.1) is 0 Å². The summed E-state index contributed by atoms with van der Waals surface area (Å²) >= 11 is 11.3. The molecule has 0 bridgehead atoms. The number of pyridine rings is 1. The van der Waals surface area contributed by atoms with Gasteiger partial charge in [0, 0.05) is 62.4 Å². The van der Waals surface area contributed by atoms with E-state index in [1.54, 1.807) is 41.0 Å². The van der Waals surface area contributed by atoms with Gasteiger partial charge in [0.25, 0.3) is 0 Å². The molecule has 0 radical (unpaired) electrons. The van der Waals surface area contributed by atoms with Gasteiger partial charge in [-0.25, -0.2) is 8.42 Å². The molecule has 0 saturated carbocycles. The second kappa shape index (κ2) is 11.2. The van der Waals surface area contributed by atoms with Crippen LogP contribution in [0.2, 0.25) is 5.02 Å². The number of hydrogen-bond donors (Lipinski definition) is 2. The van der Waals surface area contributed by atoms with Crippen LogP contribution in [0, 0.1) is 0 Å². The number of nitrogens with one attached hydrogen (secondary N) is 2. The lowest BCUT2D eigenvalue weighted by molar-refractivity contribution is 0.181. The first-order chi connectivity index (χ1) is 16.4. The molecule has 1 saturated heterocycles. The molecule has 0 unspecified atom stereocenters. The zero-order valence-corrected chi connectivity index (χ0v) is 20.9. The molecule has 2 aromatic carbocycles.